The Bertz CT molecular complexity index is 1090. The fourth-order valence-electron chi connectivity index (χ4n) is 3.73. The van der Waals surface area contributed by atoms with E-state index >= 15 is 4.39 Å². The van der Waals surface area contributed by atoms with Crippen LogP contribution in [-0.4, -0.2) is 37.5 Å². The zero-order chi connectivity index (χ0) is 17.8. The Hall–Kier alpha value is -2.32. The molecule has 1 fully saturated rings. The van der Waals surface area contributed by atoms with Crippen LogP contribution in [0.3, 0.4) is 0 Å². The second-order valence-electron chi connectivity index (χ2n) is 6.94. The topological polar surface area (TPSA) is 60.0 Å². The first kappa shape index (κ1) is 15.9. The van der Waals surface area contributed by atoms with E-state index < -0.39 is 0 Å². The van der Waals surface area contributed by atoms with Crippen LogP contribution in [0.1, 0.15) is 30.0 Å². The Morgan fingerprint density at radius 1 is 1.23 bits per heavy atom. The van der Waals surface area contributed by atoms with Gasteiger partial charge in [-0.2, -0.15) is 10.2 Å². The van der Waals surface area contributed by atoms with Crippen LogP contribution >= 0.6 is 11.3 Å². The molecule has 4 heterocycles. The fourth-order valence-corrected chi connectivity index (χ4v) is 4.63. The van der Waals surface area contributed by atoms with Gasteiger partial charge in [-0.3, -0.25) is 4.68 Å². The smallest absolute Gasteiger partial charge is 0.212 e. The van der Waals surface area contributed by atoms with Gasteiger partial charge in [0.05, 0.1) is 22.8 Å². The van der Waals surface area contributed by atoms with Crippen molar-refractivity contribution in [1.29, 1.82) is 0 Å². The van der Waals surface area contributed by atoms with Crippen molar-refractivity contribution >= 4 is 27.2 Å². The van der Waals surface area contributed by atoms with Crippen molar-refractivity contribution in [3.8, 4) is 10.6 Å². The predicted molar refractivity (Wildman–Crippen MR) is 100 cm³/mol. The predicted octanol–water partition coefficient (Wildman–Crippen LogP) is 3.26. The highest BCUT2D eigenvalue weighted by Crippen LogP contribution is 2.34. The normalized spacial score (nSPS) is 16.1. The van der Waals surface area contributed by atoms with Crippen LogP contribution in [0.25, 0.3) is 26.4 Å². The maximum Gasteiger partial charge on any atom is 0.212 e. The highest BCUT2D eigenvalue weighted by molar-refractivity contribution is 7.19. The molecule has 0 unspecified atom stereocenters. The van der Waals surface area contributed by atoms with E-state index in [4.69, 9.17) is 4.98 Å². The van der Waals surface area contributed by atoms with Gasteiger partial charge in [0.2, 0.25) is 4.96 Å². The fraction of sp³-hybridized carbons (Fsp3) is 0.389. The Morgan fingerprint density at radius 3 is 2.81 bits per heavy atom. The number of benzene rings is 1. The molecule has 1 N–H and O–H groups in total. The maximum atomic E-state index is 15.0. The van der Waals surface area contributed by atoms with E-state index in [9.17, 15) is 0 Å². The van der Waals surface area contributed by atoms with Gasteiger partial charge in [-0.15, -0.1) is 0 Å². The number of aryl methyl sites for hydroxylation is 2. The molecule has 4 aromatic rings. The monoisotopic (exact) mass is 370 g/mol. The Labute approximate surface area is 153 Å². The summed E-state index contributed by atoms with van der Waals surface area (Å²) in [6.45, 7) is 4.01. The summed E-state index contributed by atoms with van der Waals surface area (Å²) in [6, 6.07) is 1.83. The molecule has 1 saturated heterocycles. The quantitative estimate of drug-likeness (QED) is 0.588. The lowest BCUT2D eigenvalue weighted by Crippen LogP contribution is -2.26. The SMILES string of the molecule is Cc1cc(-c2nn3cc(C4CCNCC4)nc3s2)c(F)c2cn(C)nc12. The molecular formula is C18H19FN6S. The molecule has 0 radical (unpaired) electrons. The summed E-state index contributed by atoms with van der Waals surface area (Å²) < 4.78 is 18.5. The van der Waals surface area contributed by atoms with E-state index in [0.717, 1.165) is 42.1 Å². The van der Waals surface area contributed by atoms with Crippen LogP contribution in [0.4, 0.5) is 4.39 Å². The Kier molecular flexibility index (Phi) is 3.58. The van der Waals surface area contributed by atoms with E-state index in [-0.39, 0.29) is 5.82 Å². The minimum atomic E-state index is -0.269. The standard InChI is InChI=1S/C18H19FN6S/c1-10-7-12(15(19)13-8-24(2)22-16(10)13)17-23-25-9-14(21-18(25)26-17)11-3-5-20-6-4-11/h7-9,11,20H,3-6H2,1-2H3. The van der Waals surface area contributed by atoms with Crippen molar-refractivity contribution < 1.29 is 4.39 Å². The summed E-state index contributed by atoms with van der Waals surface area (Å²) >= 11 is 1.43. The molecule has 0 aliphatic carbocycles. The molecule has 134 valence electrons. The number of nitrogens with zero attached hydrogens (tertiary/aromatic N) is 5. The number of halogens is 1. The third kappa shape index (κ3) is 2.44. The second kappa shape index (κ2) is 5.85. The summed E-state index contributed by atoms with van der Waals surface area (Å²) in [5.74, 6) is 0.216. The van der Waals surface area contributed by atoms with Gasteiger partial charge in [-0.05, 0) is 44.5 Å². The first-order valence-electron chi connectivity index (χ1n) is 8.80. The second-order valence-corrected chi connectivity index (χ2v) is 7.90. The van der Waals surface area contributed by atoms with Gasteiger partial charge in [0.15, 0.2) is 5.01 Å². The molecule has 1 aliphatic heterocycles. The van der Waals surface area contributed by atoms with Crippen LogP contribution < -0.4 is 5.32 Å². The lowest BCUT2D eigenvalue weighted by molar-refractivity contribution is 0.454. The molecule has 3 aromatic heterocycles. The van der Waals surface area contributed by atoms with E-state index in [1.165, 1.54) is 11.3 Å². The van der Waals surface area contributed by atoms with E-state index in [0.29, 0.717) is 27.4 Å². The van der Waals surface area contributed by atoms with Crippen molar-refractivity contribution in [3.63, 3.8) is 0 Å². The first-order valence-corrected chi connectivity index (χ1v) is 9.61. The number of fused-ring (bicyclic) bond motifs is 2. The summed E-state index contributed by atoms with van der Waals surface area (Å²) in [6.07, 6.45) is 5.92. The minimum absolute atomic E-state index is 0.269. The van der Waals surface area contributed by atoms with E-state index in [1.807, 2.05) is 19.2 Å². The Morgan fingerprint density at radius 2 is 2.04 bits per heavy atom. The third-order valence-corrected chi connectivity index (χ3v) is 6.04. The van der Waals surface area contributed by atoms with Crippen molar-refractivity contribution in [2.24, 2.45) is 7.05 Å². The first-order chi connectivity index (χ1) is 12.6. The molecule has 6 nitrogen and oxygen atoms in total. The van der Waals surface area contributed by atoms with Gasteiger partial charge in [0.25, 0.3) is 0 Å². The highest BCUT2D eigenvalue weighted by atomic mass is 32.1. The van der Waals surface area contributed by atoms with Crippen molar-refractivity contribution in [1.82, 2.24) is 29.7 Å². The molecule has 8 heteroatoms. The molecule has 0 spiro atoms. The molecule has 0 atom stereocenters. The number of hydrogen-bond acceptors (Lipinski definition) is 5. The lowest BCUT2D eigenvalue weighted by Gasteiger charge is -2.20. The summed E-state index contributed by atoms with van der Waals surface area (Å²) in [5, 5.41) is 13.5. The lowest BCUT2D eigenvalue weighted by atomic mass is 9.95. The molecule has 0 saturated carbocycles. The maximum absolute atomic E-state index is 15.0. The van der Waals surface area contributed by atoms with Gasteiger partial charge < -0.3 is 5.32 Å². The average molecular weight is 370 g/mol. The highest BCUT2D eigenvalue weighted by Gasteiger charge is 2.21. The van der Waals surface area contributed by atoms with Crippen LogP contribution in [0.2, 0.25) is 0 Å². The van der Waals surface area contributed by atoms with Crippen LogP contribution in [-0.2, 0) is 7.05 Å². The zero-order valence-electron chi connectivity index (χ0n) is 14.7. The zero-order valence-corrected chi connectivity index (χ0v) is 15.5. The number of aromatic nitrogens is 5. The number of imidazole rings is 1. The number of piperidine rings is 1. The summed E-state index contributed by atoms with van der Waals surface area (Å²) in [7, 11) is 1.80. The molecule has 26 heavy (non-hydrogen) atoms. The molecule has 1 aliphatic rings. The van der Waals surface area contributed by atoms with Crippen molar-refractivity contribution in [3.05, 3.63) is 35.5 Å². The van der Waals surface area contributed by atoms with E-state index in [1.54, 1.807) is 22.4 Å². The summed E-state index contributed by atoms with van der Waals surface area (Å²) in [4.78, 5) is 5.57. The van der Waals surface area contributed by atoms with Gasteiger partial charge in [-0.25, -0.2) is 13.9 Å². The largest absolute Gasteiger partial charge is 0.317 e. The van der Waals surface area contributed by atoms with Crippen LogP contribution in [0.5, 0.6) is 0 Å². The third-order valence-electron chi connectivity index (χ3n) is 5.09. The minimum Gasteiger partial charge on any atom is -0.317 e. The van der Waals surface area contributed by atoms with Crippen LogP contribution in [0, 0.1) is 12.7 Å². The van der Waals surface area contributed by atoms with Crippen molar-refractivity contribution in [2.75, 3.05) is 13.1 Å². The van der Waals surface area contributed by atoms with Gasteiger partial charge in [-0.1, -0.05) is 11.3 Å². The number of nitrogens with one attached hydrogen (secondary N) is 1. The molecular weight excluding hydrogens is 351 g/mol. The van der Waals surface area contributed by atoms with Gasteiger partial charge in [0, 0.05) is 24.7 Å². The van der Waals surface area contributed by atoms with Crippen molar-refractivity contribution in [2.45, 2.75) is 25.7 Å². The molecule has 5 rings (SSSR count). The van der Waals surface area contributed by atoms with Gasteiger partial charge in [0.1, 0.15) is 5.82 Å². The molecule has 0 bridgehead atoms. The Balaban J connectivity index is 1.58. The van der Waals surface area contributed by atoms with Gasteiger partial charge >= 0.3 is 0 Å². The average Bonchev–Trinajstić information content (AvgIpc) is 3.31. The number of rotatable bonds is 2. The summed E-state index contributed by atoms with van der Waals surface area (Å²) in [5.41, 5.74) is 3.25. The van der Waals surface area contributed by atoms with E-state index in [2.05, 4.69) is 15.5 Å². The van der Waals surface area contributed by atoms with Crippen LogP contribution in [0.15, 0.2) is 18.5 Å². The number of hydrogen-bond donors (Lipinski definition) is 1. The molecule has 1 aromatic carbocycles. The molecule has 0 amide bonds.